The molecule has 46 valence electrons. The van der Waals surface area contributed by atoms with Gasteiger partial charge in [0.05, 0.1) is 0 Å². The van der Waals surface area contributed by atoms with Crippen LogP contribution >= 0.6 is 0 Å². The molecule has 0 atom stereocenters. The quantitative estimate of drug-likeness (QED) is 0.391. The molecule has 0 bridgehead atoms. The molecule has 0 aromatic carbocycles. The molecule has 1 aliphatic heterocycles. The molecule has 0 amide bonds. The van der Waals surface area contributed by atoms with Crippen molar-refractivity contribution in [3.05, 3.63) is 0 Å². The predicted octanol–water partition coefficient (Wildman–Crippen LogP) is -2.54. The van der Waals surface area contributed by atoms with Crippen LogP contribution in [0.2, 0.25) is 0 Å². The second-order valence-corrected chi connectivity index (χ2v) is 1.46. The molecule has 1 fully saturated rings. The molecule has 0 aromatic rings. The Morgan fingerprint density at radius 2 is 1.25 bits per heavy atom. The topological polar surface area (TPSA) is 12.0 Å². The summed E-state index contributed by atoms with van der Waals surface area (Å²) in [4.78, 5) is 0. The largest absolute Gasteiger partial charge is 2.00 e. The maximum Gasteiger partial charge on any atom is 2.00 e. The average molecular weight is 166 g/mol. The first-order chi connectivity index (χ1) is 2.50. The summed E-state index contributed by atoms with van der Waals surface area (Å²) in [7, 11) is 0. The zero-order chi connectivity index (χ0) is 3.54. The van der Waals surface area contributed by atoms with E-state index in [9.17, 15) is 0 Å². The Balaban J connectivity index is -0.0000000833. The van der Waals surface area contributed by atoms with E-state index in [0.717, 1.165) is 0 Å². The smallest absolute Gasteiger partial charge is 0.317 e. The van der Waals surface area contributed by atoms with Gasteiger partial charge in [-0.3, -0.25) is 0 Å². The monoisotopic (exact) mass is 165 g/mol. The van der Waals surface area contributed by atoms with E-state index < -0.39 is 0 Å². The maximum absolute atomic E-state index is 3.22. The molecule has 8 heavy (non-hydrogen) atoms. The predicted molar refractivity (Wildman–Crippen MR) is 44.8 cm³/mol. The van der Waals surface area contributed by atoms with E-state index in [-0.39, 0.29) is 36.3 Å². The zero-order valence-corrected chi connectivity index (χ0v) is 7.00. The van der Waals surface area contributed by atoms with Gasteiger partial charge in [0.2, 0.25) is 0 Å². The van der Waals surface area contributed by atoms with Crippen molar-refractivity contribution < 1.29 is 19.5 Å². The minimum absolute atomic E-state index is 0. The second kappa shape index (κ2) is 10.6. The van der Waals surface area contributed by atoms with Crippen molar-refractivity contribution in [3.8, 4) is 0 Å². The van der Waals surface area contributed by atoms with Gasteiger partial charge < -0.3 is 5.32 Å². The molecular weight excluding hydrogens is 149 g/mol. The molecular formula is C4H17B2NZn. The Labute approximate surface area is 67.9 Å². The van der Waals surface area contributed by atoms with Crippen LogP contribution in [0.25, 0.3) is 0 Å². The fourth-order valence-corrected chi connectivity index (χ4v) is 0.625. The second-order valence-electron chi connectivity index (χ2n) is 1.46. The van der Waals surface area contributed by atoms with E-state index in [0.29, 0.717) is 0 Å². The fraction of sp³-hybridized carbons (Fsp3) is 1.00. The summed E-state index contributed by atoms with van der Waals surface area (Å²) in [6.07, 6.45) is 2.78. The summed E-state index contributed by atoms with van der Waals surface area (Å²) < 4.78 is 0. The van der Waals surface area contributed by atoms with E-state index in [1.807, 2.05) is 0 Å². The minimum Gasteiger partial charge on any atom is -0.317 e. The summed E-state index contributed by atoms with van der Waals surface area (Å²) in [5, 5.41) is 3.22. The maximum atomic E-state index is 3.22. The molecule has 1 rings (SSSR count). The van der Waals surface area contributed by atoms with Crippen LogP contribution in [0.1, 0.15) is 12.8 Å². The summed E-state index contributed by atoms with van der Waals surface area (Å²) in [6, 6.07) is 0. The molecule has 0 aliphatic carbocycles. The molecule has 1 nitrogen and oxygen atoms in total. The van der Waals surface area contributed by atoms with Gasteiger partial charge >= 0.3 is 19.5 Å². The summed E-state index contributed by atoms with van der Waals surface area (Å²) in [5.41, 5.74) is 0. The molecule has 1 heterocycles. The molecule has 0 saturated carbocycles. The van der Waals surface area contributed by atoms with Crippen molar-refractivity contribution in [3.63, 3.8) is 0 Å². The Hall–Kier alpha value is 0.713. The molecule has 0 spiro atoms. The van der Waals surface area contributed by atoms with Gasteiger partial charge in [-0.05, 0) is 25.9 Å². The Morgan fingerprint density at radius 1 is 0.875 bits per heavy atom. The number of rotatable bonds is 0. The molecule has 1 aliphatic rings. The third kappa shape index (κ3) is 6.71. The standard InChI is InChI=1S/C4H9N.2BH4.Zn/c1-2-4-5-3-1;;;/h5H,1-4H2;2*1H4;/q;2*-1;+2. The minimum atomic E-state index is 0. The van der Waals surface area contributed by atoms with Gasteiger partial charge in [0.25, 0.3) is 0 Å². The van der Waals surface area contributed by atoms with Gasteiger partial charge in [-0.2, -0.15) is 0 Å². The molecule has 0 aromatic heterocycles. The normalized spacial score (nSPS) is 15.0. The van der Waals surface area contributed by atoms with Crippen molar-refractivity contribution in [1.82, 2.24) is 5.32 Å². The Kier molecular flexibility index (Phi) is 21.1. The third-order valence-electron chi connectivity index (χ3n) is 0.957. The SMILES string of the molecule is C1CCNC1.[BH4-].[BH4-].[Zn+2]. The molecule has 1 saturated heterocycles. The first-order valence-electron chi connectivity index (χ1n) is 2.21. The van der Waals surface area contributed by atoms with Crippen molar-refractivity contribution in [2.24, 2.45) is 0 Å². The zero-order valence-electron chi connectivity index (χ0n) is 4.04. The van der Waals surface area contributed by atoms with Crippen LogP contribution in [-0.4, -0.2) is 29.9 Å². The van der Waals surface area contributed by atoms with Crippen LogP contribution in [0.4, 0.5) is 0 Å². The molecule has 0 radical (unpaired) electrons. The van der Waals surface area contributed by atoms with Crippen LogP contribution in [0.5, 0.6) is 0 Å². The van der Waals surface area contributed by atoms with Gasteiger partial charge in [0, 0.05) is 0 Å². The number of nitrogens with one attached hydrogen (secondary N) is 1. The van der Waals surface area contributed by atoms with Crippen molar-refractivity contribution >= 4 is 16.8 Å². The van der Waals surface area contributed by atoms with E-state index >= 15 is 0 Å². The van der Waals surface area contributed by atoms with E-state index in [2.05, 4.69) is 5.32 Å². The molecule has 4 heteroatoms. The van der Waals surface area contributed by atoms with Gasteiger partial charge in [0.1, 0.15) is 0 Å². The molecule has 1 N–H and O–H groups in total. The number of hydrogen-bond acceptors (Lipinski definition) is 1. The van der Waals surface area contributed by atoms with Crippen LogP contribution in [-0.2, 0) is 19.5 Å². The summed E-state index contributed by atoms with van der Waals surface area (Å²) in [5.74, 6) is 0. The van der Waals surface area contributed by atoms with Crippen LogP contribution in [0, 0.1) is 0 Å². The van der Waals surface area contributed by atoms with Gasteiger partial charge in [-0.15, -0.1) is 0 Å². The van der Waals surface area contributed by atoms with Crippen LogP contribution in [0.3, 0.4) is 0 Å². The van der Waals surface area contributed by atoms with Crippen LogP contribution in [0.15, 0.2) is 0 Å². The van der Waals surface area contributed by atoms with Crippen LogP contribution < -0.4 is 5.32 Å². The first kappa shape index (κ1) is 15.9. The van der Waals surface area contributed by atoms with Gasteiger partial charge in [0.15, 0.2) is 0 Å². The Morgan fingerprint density at radius 3 is 1.38 bits per heavy atom. The average Bonchev–Trinajstić information content (AvgIpc) is 1.76. The van der Waals surface area contributed by atoms with Crippen molar-refractivity contribution in [2.75, 3.05) is 13.1 Å². The van der Waals surface area contributed by atoms with E-state index in [4.69, 9.17) is 0 Å². The summed E-state index contributed by atoms with van der Waals surface area (Å²) >= 11 is 0. The van der Waals surface area contributed by atoms with Crippen molar-refractivity contribution in [1.29, 1.82) is 0 Å². The number of hydrogen-bond donors (Lipinski definition) is 1. The van der Waals surface area contributed by atoms with Gasteiger partial charge in [-0.25, -0.2) is 0 Å². The van der Waals surface area contributed by atoms with E-state index in [1.54, 1.807) is 0 Å². The molecule has 0 unspecified atom stereocenters. The first-order valence-corrected chi connectivity index (χ1v) is 2.21. The summed E-state index contributed by atoms with van der Waals surface area (Å²) in [6.45, 7) is 2.50. The van der Waals surface area contributed by atoms with E-state index in [1.165, 1.54) is 25.9 Å². The fourth-order valence-electron chi connectivity index (χ4n) is 0.625. The van der Waals surface area contributed by atoms with Crippen molar-refractivity contribution in [2.45, 2.75) is 12.8 Å². The van der Waals surface area contributed by atoms with Gasteiger partial charge in [-0.1, -0.05) is 16.8 Å². The third-order valence-corrected chi connectivity index (χ3v) is 0.957. The Bertz CT molecular complexity index is 25.6.